The molecule has 1 N–H and O–H groups in total. The van der Waals surface area contributed by atoms with Crippen LogP contribution < -0.4 is 10.1 Å². The Morgan fingerprint density at radius 2 is 1.79 bits per heavy atom. The van der Waals surface area contributed by atoms with Gasteiger partial charge in [-0.1, -0.05) is 0 Å². The maximum Gasteiger partial charge on any atom is 0.119 e. The Hall–Kier alpha value is -0.930. The van der Waals surface area contributed by atoms with E-state index in [4.69, 9.17) is 9.47 Å². The van der Waals surface area contributed by atoms with Crippen molar-refractivity contribution in [3.8, 4) is 5.75 Å². The molecule has 0 unspecified atom stereocenters. The lowest BCUT2D eigenvalue weighted by atomic mass is 10.3. The number of ether oxygens (including phenoxy) is 2. The van der Waals surface area contributed by atoms with E-state index in [1.54, 1.807) is 7.11 Å². The van der Waals surface area contributed by atoms with Crippen LogP contribution in [0.3, 0.4) is 0 Å². The van der Waals surface area contributed by atoms with E-state index in [0.29, 0.717) is 13.2 Å². The first kappa shape index (κ1) is 13.1. The van der Waals surface area contributed by atoms with Crippen molar-refractivity contribution in [3.63, 3.8) is 0 Å². The molecule has 0 aromatic heterocycles. The molecule has 0 radical (unpaired) electrons. The van der Waals surface area contributed by atoms with Crippen LogP contribution in [0.15, 0.2) is 24.3 Å². The van der Waals surface area contributed by atoms with Gasteiger partial charge < -0.3 is 14.8 Å². The van der Waals surface area contributed by atoms with E-state index >= 15 is 0 Å². The molecular formula is C10H16ClNO2. The first-order chi connectivity index (χ1) is 6.36. The number of benzene rings is 1. The summed E-state index contributed by atoms with van der Waals surface area (Å²) in [5, 5.41) is 3.04. The Labute approximate surface area is 90.8 Å². The van der Waals surface area contributed by atoms with Crippen LogP contribution in [-0.4, -0.2) is 27.4 Å². The fourth-order valence-electron chi connectivity index (χ4n) is 0.961. The number of nitrogens with one attached hydrogen (secondary N) is 1. The second-order valence-corrected chi connectivity index (χ2v) is 2.62. The van der Waals surface area contributed by atoms with E-state index in [-0.39, 0.29) is 12.4 Å². The van der Waals surface area contributed by atoms with Gasteiger partial charge in [0.1, 0.15) is 12.4 Å². The molecule has 0 bridgehead atoms. The Balaban J connectivity index is 0.00000169. The molecule has 80 valence electrons. The third kappa shape index (κ3) is 4.35. The molecule has 0 atom stereocenters. The second kappa shape index (κ2) is 7.47. The minimum absolute atomic E-state index is 0. The molecule has 0 spiro atoms. The molecule has 0 amide bonds. The third-order valence-electron chi connectivity index (χ3n) is 1.70. The minimum Gasteiger partial charge on any atom is -0.491 e. The summed E-state index contributed by atoms with van der Waals surface area (Å²) in [6.45, 7) is 1.21. The van der Waals surface area contributed by atoms with Crippen LogP contribution in [0, 0.1) is 0 Å². The van der Waals surface area contributed by atoms with E-state index in [1.807, 2.05) is 31.3 Å². The van der Waals surface area contributed by atoms with Crippen LogP contribution >= 0.6 is 12.4 Å². The lowest BCUT2D eigenvalue weighted by molar-refractivity contribution is 0.146. The summed E-state index contributed by atoms with van der Waals surface area (Å²) in [7, 11) is 3.55. The van der Waals surface area contributed by atoms with Crippen LogP contribution in [0.25, 0.3) is 0 Å². The lowest BCUT2D eigenvalue weighted by Crippen LogP contribution is -2.04. The van der Waals surface area contributed by atoms with Crippen LogP contribution in [0.4, 0.5) is 5.69 Å². The van der Waals surface area contributed by atoms with Crippen molar-refractivity contribution in [2.24, 2.45) is 0 Å². The smallest absolute Gasteiger partial charge is 0.119 e. The molecule has 0 aliphatic carbocycles. The summed E-state index contributed by atoms with van der Waals surface area (Å²) < 4.78 is 10.3. The summed E-state index contributed by atoms with van der Waals surface area (Å²) in [4.78, 5) is 0. The van der Waals surface area contributed by atoms with Gasteiger partial charge in [0, 0.05) is 19.8 Å². The Morgan fingerprint density at radius 3 is 2.29 bits per heavy atom. The lowest BCUT2D eigenvalue weighted by Gasteiger charge is -2.05. The molecule has 1 aromatic rings. The molecule has 4 heteroatoms. The number of halogens is 1. The molecule has 0 saturated heterocycles. The summed E-state index contributed by atoms with van der Waals surface area (Å²) in [6, 6.07) is 7.81. The van der Waals surface area contributed by atoms with Crippen molar-refractivity contribution < 1.29 is 9.47 Å². The van der Waals surface area contributed by atoms with Gasteiger partial charge in [0.25, 0.3) is 0 Å². The highest BCUT2D eigenvalue weighted by Gasteiger charge is 1.92. The Morgan fingerprint density at radius 1 is 1.14 bits per heavy atom. The van der Waals surface area contributed by atoms with Crippen molar-refractivity contribution in [3.05, 3.63) is 24.3 Å². The van der Waals surface area contributed by atoms with Crippen LogP contribution in [-0.2, 0) is 4.74 Å². The first-order valence-electron chi connectivity index (χ1n) is 4.26. The molecule has 0 fully saturated rings. The van der Waals surface area contributed by atoms with Gasteiger partial charge in [0.15, 0.2) is 0 Å². The standard InChI is InChI=1S/C10H15NO2.ClH/c1-11-9-3-5-10(6-4-9)13-8-7-12-2;/h3-6,11H,7-8H2,1-2H3;1H. The van der Waals surface area contributed by atoms with Crippen molar-refractivity contribution in [2.75, 3.05) is 32.7 Å². The predicted molar refractivity (Wildman–Crippen MR) is 60.6 cm³/mol. The Bertz CT molecular complexity index is 238. The molecule has 1 aromatic carbocycles. The summed E-state index contributed by atoms with van der Waals surface area (Å²) in [5.74, 6) is 0.871. The zero-order valence-corrected chi connectivity index (χ0v) is 9.26. The fourth-order valence-corrected chi connectivity index (χ4v) is 0.961. The first-order valence-corrected chi connectivity index (χ1v) is 4.26. The van der Waals surface area contributed by atoms with Gasteiger partial charge in [0.05, 0.1) is 6.61 Å². The molecule has 0 aliphatic heterocycles. The quantitative estimate of drug-likeness (QED) is 0.767. The molecule has 0 aliphatic rings. The summed E-state index contributed by atoms with van der Waals surface area (Å²) in [6.07, 6.45) is 0. The van der Waals surface area contributed by atoms with Crippen LogP contribution in [0.1, 0.15) is 0 Å². The average molecular weight is 218 g/mol. The largest absolute Gasteiger partial charge is 0.491 e. The highest BCUT2D eigenvalue weighted by atomic mass is 35.5. The topological polar surface area (TPSA) is 30.5 Å². The van der Waals surface area contributed by atoms with Gasteiger partial charge in [-0.3, -0.25) is 0 Å². The number of hydrogen-bond donors (Lipinski definition) is 1. The number of rotatable bonds is 5. The van der Waals surface area contributed by atoms with Gasteiger partial charge in [-0.05, 0) is 24.3 Å². The van der Waals surface area contributed by atoms with Crippen LogP contribution in [0.2, 0.25) is 0 Å². The van der Waals surface area contributed by atoms with Crippen molar-refractivity contribution in [1.29, 1.82) is 0 Å². The van der Waals surface area contributed by atoms with Gasteiger partial charge in [-0.15, -0.1) is 12.4 Å². The SMILES string of the molecule is CNc1ccc(OCCOC)cc1.Cl. The molecule has 0 heterocycles. The normalized spacial score (nSPS) is 9.00. The van der Waals surface area contributed by atoms with E-state index < -0.39 is 0 Å². The number of hydrogen-bond acceptors (Lipinski definition) is 3. The van der Waals surface area contributed by atoms with Gasteiger partial charge >= 0.3 is 0 Å². The van der Waals surface area contributed by atoms with E-state index in [0.717, 1.165) is 11.4 Å². The maximum atomic E-state index is 5.39. The average Bonchev–Trinajstić information content (AvgIpc) is 2.19. The number of anilines is 1. The highest BCUT2D eigenvalue weighted by Crippen LogP contribution is 2.14. The zero-order chi connectivity index (χ0) is 9.52. The van der Waals surface area contributed by atoms with Crippen molar-refractivity contribution >= 4 is 18.1 Å². The van der Waals surface area contributed by atoms with Crippen molar-refractivity contribution in [2.45, 2.75) is 0 Å². The molecule has 1 rings (SSSR count). The summed E-state index contributed by atoms with van der Waals surface area (Å²) >= 11 is 0. The van der Waals surface area contributed by atoms with E-state index in [9.17, 15) is 0 Å². The summed E-state index contributed by atoms with van der Waals surface area (Å²) in [5.41, 5.74) is 1.08. The second-order valence-electron chi connectivity index (χ2n) is 2.62. The maximum absolute atomic E-state index is 5.39. The third-order valence-corrected chi connectivity index (χ3v) is 1.70. The highest BCUT2D eigenvalue weighted by molar-refractivity contribution is 5.85. The molecular weight excluding hydrogens is 202 g/mol. The van der Waals surface area contributed by atoms with Crippen molar-refractivity contribution in [1.82, 2.24) is 0 Å². The molecule has 14 heavy (non-hydrogen) atoms. The van der Waals surface area contributed by atoms with Gasteiger partial charge in [0.2, 0.25) is 0 Å². The minimum atomic E-state index is 0. The predicted octanol–water partition coefficient (Wildman–Crippen LogP) is 2.18. The number of methoxy groups -OCH3 is 1. The molecule has 3 nitrogen and oxygen atoms in total. The van der Waals surface area contributed by atoms with Gasteiger partial charge in [-0.25, -0.2) is 0 Å². The van der Waals surface area contributed by atoms with E-state index in [1.165, 1.54) is 0 Å². The van der Waals surface area contributed by atoms with Crippen LogP contribution in [0.5, 0.6) is 5.75 Å². The van der Waals surface area contributed by atoms with Gasteiger partial charge in [-0.2, -0.15) is 0 Å². The Kier molecular flexibility index (Phi) is 6.98. The monoisotopic (exact) mass is 217 g/mol. The van der Waals surface area contributed by atoms with E-state index in [2.05, 4.69) is 5.32 Å². The fraction of sp³-hybridized carbons (Fsp3) is 0.400. The molecule has 0 saturated carbocycles. The zero-order valence-electron chi connectivity index (χ0n) is 8.45.